The molecule has 0 fully saturated rings. The molecule has 3 rings (SSSR count). The van der Waals surface area contributed by atoms with E-state index < -0.39 is 8.32 Å². The Morgan fingerprint density at radius 3 is 2.16 bits per heavy atom. The van der Waals surface area contributed by atoms with Gasteiger partial charge >= 0.3 is 6.03 Å². The summed E-state index contributed by atoms with van der Waals surface area (Å²) < 4.78 is 6.47. The van der Waals surface area contributed by atoms with E-state index in [4.69, 9.17) is 16.0 Å². The average Bonchev–Trinajstić information content (AvgIpc) is 2.76. The second kappa shape index (κ2) is 9.82. The first-order valence-corrected chi connectivity index (χ1v) is 14.5. The Hall–Kier alpha value is -2.08. The van der Waals surface area contributed by atoms with E-state index in [-0.39, 0.29) is 23.8 Å². The topological polar surface area (TPSA) is 32.8 Å². The molecule has 1 heterocycles. The molecule has 2 amide bonds. The van der Waals surface area contributed by atoms with Crippen molar-refractivity contribution in [3.63, 3.8) is 0 Å². The van der Waals surface area contributed by atoms with Gasteiger partial charge < -0.3 is 9.33 Å². The van der Waals surface area contributed by atoms with Gasteiger partial charge in [0.1, 0.15) is 6.73 Å². The zero-order chi connectivity index (χ0) is 23.5. The van der Waals surface area contributed by atoms with Crippen LogP contribution in [0.5, 0.6) is 0 Å². The fourth-order valence-corrected chi connectivity index (χ4v) is 6.40. The largest absolute Gasteiger partial charge is 0.399 e. The lowest BCUT2D eigenvalue weighted by molar-refractivity contribution is 0.104. The number of halogens is 1. The number of hydrogen-bond donors (Lipinski definition) is 0. The SMILES string of the molecule is CC(C)C(C)(C)[Si](C)(C)OCN1C=C(Cl)C(c2ccccc2)N(Cc2ccccc2)C1=O. The predicted octanol–water partition coefficient (Wildman–Crippen LogP) is 7.36. The van der Waals surface area contributed by atoms with E-state index in [1.165, 1.54) is 0 Å². The van der Waals surface area contributed by atoms with Crippen molar-refractivity contribution >= 4 is 25.9 Å². The smallest absolute Gasteiger partial charge is 0.327 e. The maximum Gasteiger partial charge on any atom is 0.327 e. The van der Waals surface area contributed by atoms with E-state index in [0.717, 1.165) is 11.1 Å². The number of nitrogens with zero attached hydrogens (tertiary/aromatic N) is 2. The Bertz CT molecular complexity index is 945. The third-order valence-corrected chi connectivity index (χ3v) is 12.0. The summed E-state index contributed by atoms with van der Waals surface area (Å²) in [5.74, 6) is 0.484. The van der Waals surface area contributed by atoms with Crippen molar-refractivity contribution in [2.75, 3.05) is 6.73 Å². The first-order chi connectivity index (χ1) is 15.0. The van der Waals surface area contributed by atoms with Gasteiger partial charge in [-0.1, -0.05) is 100.0 Å². The van der Waals surface area contributed by atoms with Crippen molar-refractivity contribution in [3.05, 3.63) is 83.0 Å². The summed E-state index contributed by atoms with van der Waals surface area (Å²) in [5, 5.41) is 0.674. The summed E-state index contributed by atoms with van der Waals surface area (Å²) in [4.78, 5) is 17.1. The van der Waals surface area contributed by atoms with Crippen LogP contribution in [0.25, 0.3) is 0 Å². The Morgan fingerprint density at radius 1 is 1.03 bits per heavy atom. The molecule has 0 radical (unpaired) electrons. The highest BCUT2D eigenvalue weighted by Crippen LogP contribution is 2.45. The van der Waals surface area contributed by atoms with Crippen molar-refractivity contribution in [1.29, 1.82) is 0 Å². The van der Waals surface area contributed by atoms with Gasteiger partial charge in [0.2, 0.25) is 0 Å². The van der Waals surface area contributed by atoms with Gasteiger partial charge in [-0.05, 0) is 35.2 Å². The molecule has 32 heavy (non-hydrogen) atoms. The maximum atomic E-state index is 13.6. The molecule has 4 nitrogen and oxygen atoms in total. The second-order valence-electron chi connectivity index (χ2n) is 9.85. The van der Waals surface area contributed by atoms with Gasteiger partial charge in [-0.3, -0.25) is 4.90 Å². The number of hydrogen-bond acceptors (Lipinski definition) is 2. The van der Waals surface area contributed by atoms with E-state index >= 15 is 0 Å². The molecule has 0 N–H and O–H groups in total. The number of carbonyl (C=O) groups excluding carboxylic acids is 1. The van der Waals surface area contributed by atoms with Crippen LogP contribution in [0.4, 0.5) is 4.79 Å². The van der Waals surface area contributed by atoms with E-state index in [0.29, 0.717) is 17.5 Å². The van der Waals surface area contributed by atoms with Crippen LogP contribution < -0.4 is 0 Å². The summed E-state index contributed by atoms with van der Waals surface area (Å²) in [6.45, 7) is 14.1. The van der Waals surface area contributed by atoms with Gasteiger partial charge in [0.05, 0.1) is 11.1 Å². The van der Waals surface area contributed by atoms with Crippen molar-refractivity contribution in [1.82, 2.24) is 9.80 Å². The zero-order valence-electron chi connectivity index (χ0n) is 20.0. The van der Waals surface area contributed by atoms with Gasteiger partial charge in [-0.2, -0.15) is 0 Å². The van der Waals surface area contributed by atoms with Crippen molar-refractivity contribution in [2.24, 2.45) is 5.92 Å². The lowest BCUT2D eigenvalue weighted by atomic mass is 9.99. The summed E-state index contributed by atoms with van der Waals surface area (Å²) in [6, 6.07) is 19.5. The molecule has 0 aromatic heterocycles. The lowest BCUT2D eigenvalue weighted by Crippen LogP contribution is -2.51. The van der Waals surface area contributed by atoms with Crippen LogP contribution in [0, 0.1) is 5.92 Å². The first-order valence-electron chi connectivity index (χ1n) is 11.2. The van der Waals surface area contributed by atoms with Gasteiger partial charge in [-0.25, -0.2) is 4.79 Å². The Morgan fingerprint density at radius 2 is 1.59 bits per heavy atom. The minimum Gasteiger partial charge on any atom is -0.399 e. The van der Waals surface area contributed by atoms with Crippen LogP contribution in [-0.2, 0) is 11.0 Å². The van der Waals surface area contributed by atoms with Gasteiger partial charge in [0, 0.05) is 12.7 Å². The third-order valence-electron chi connectivity index (χ3n) is 7.21. The molecule has 1 aliphatic rings. The monoisotopic (exact) mass is 470 g/mol. The molecule has 172 valence electrons. The molecule has 1 unspecified atom stereocenters. The van der Waals surface area contributed by atoms with E-state index in [1.54, 1.807) is 11.1 Å². The summed E-state index contributed by atoms with van der Waals surface area (Å²) in [5.41, 5.74) is 2.05. The predicted molar refractivity (Wildman–Crippen MR) is 135 cm³/mol. The fourth-order valence-electron chi connectivity index (χ4n) is 3.82. The second-order valence-corrected chi connectivity index (χ2v) is 14.9. The van der Waals surface area contributed by atoms with Crippen molar-refractivity contribution in [2.45, 2.75) is 58.4 Å². The number of rotatable bonds is 8. The van der Waals surface area contributed by atoms with Crippen molar-refractivity contribution < 1.29 is 9.22 Å². The average molecular weight is 471 g/mol. The minimum atomic E-state index is -2.09. The number of carbonyl (C=O) groups is 1. The lowest BCUT2D eigenvalue weighted by Gasteiger charge is -2.44. The molecule has 0 saturated heterocycles. The highest BCUT2D eigenvalue weighted by Gasteiger charge is 2.44. The van der Waals surface area contributed by atoms with Crippen LogP contribution in [0.2, 0.25) is 18.1 Å². The van der Waals surface area contributed by atoms with Crippen LogP contribution in [-0.4, -0.2) is 30.9 Å². The third kappa shape index (κ3) is 5.11. The molecule has 1 atom stereocenters. The van der Waals surface area contributed by atoms with Gasteiger partial charge in [-0.15, -0.1) is 0 Å². The first kappa shape index (κ1) is 24.6. The van der Waals surface area contributed by atoms with Gasteiger partial charge in [0.15, 0.2) is 8.32 Å². The molecule has 6 heteroatoms. The highest BCUT2D eigenvalue weighted by molar-refractivity contribution is 6.74. The van der Waals surface area contributed by atoms with E-state index in [9.17, 15) is 4.79 Å². The molecule has 0 spiro atoms. The highest BCUT2D eigenvalue weighted by atomic mass is 35.5. The normalized spacial score (nSPS) is 17.7. The van der Waals surface area contributed by atoms with E-state index in [1.807, 2.05) is 65.6 Å². The summed E-state index contributed by atoms with van der Waals surface area (Å²) >= 11 is 6.81. The number of benzene rings is 2. The zero-order valence-corrected chi connectivity index (χ0v) is 21.8. The van der Waals surface area contributed by atoms with E-state index in [2.05, 4.69) is 40.8 Å². The molecule has 0 aliphatic carbocycles. The number of urea groups is 1. The molecule has 0 saturated carbocycles. The van der Waals surface area contributed by atoms with Gasteiger partial charge in [0.25, 0.3) is 0 Å². The molecule has 0 bridgehead atoms. The van der Waals surface area contributed by atoms with Crippen molar-refractivity contribution in [3.8, 4) is 0 Å². The van der Waals surface area contributed by atoms with Crippen LogP contribution in [0.3, 0.4) is 0 Å². The maximum absolute atomic E-state index is 13.6. The Balaban J connectivity index is 1.89. The summed E-state index contributed by atoms with van der Waals surface area (Å²) in [7, 11) is -2.09. The van der Waals surface area contributed by atoms with Crippen LogP contribution >= 0.6 is 11.6 Å². The Labute approximate surface area is 199 Å². The number of amides is 2. The summed E-state index contributed by atoms with van der Waals surface area (Å²) in [6.07, 6.45) is 1.75. The quantitative estimate of drug-likeness (QED) is 0.377. The molecule has 2 aromatic rings. The van der Waals surface area contributed by atoms with Crippen LogP contribution in [0.15, 0.2) is 71.9 Å². The minimum absolute atomic E-state index is 0.0651. The fraction of sp³-hybridized carbons (Fsp3) is 0.423. The standard InChI is InChI=1S/C26H35ClN2O2Si/c1-20(2)26(3,4)32(5,6)31-19-28-18-23(27)24(22-15-11-8-12-16-22)29(25(28)30)17-21-13-9-7-10-14-21/h7-16,18,20,24H,17,19H2,1-6H3. The molecular formula is C26H35ClN2O2Si. The Kier molecular flexibility index (Phi) is 7.53. The van der Waals surface area contributed by atoms with Crippen LogP contribution in [0.1, 0.15) is 44.9 Å². The molecule has 1 aliphatic heterocycles. The molecule has 2 aromatic carbocycles. The molecular weight excluding hydrogens is 436 g/mol.